The number of carbonyl (C=O) groups excluding carboxylic acids is 1. The molecule has 4 aromatic rings. The molecule has 4 rings (SSSR count). The third-order valence-corrected chi connectivity index (χ3v) is 4.36. The lowest BCUT2D eigenvalue weighted by molar-refractivity contribution is 0.0952. The third-order valence-electron chi connectivity index (χ3n) is 4.36. The van der Waals surface area contributed by atoms with Gasteiger partial charge in [0.1, 0.15) is 5.82 Å². The van der Waals surface area contributed by atoms with E-state index in [0.717, 1.165) is 22.0 Å². The first kappa shape index (κ1) is 18.3. The van der Waals surface area contributed by atoms with E-state index in [9.17, 15) is 4.79 Å². The number of hydrazone groups is 1. The van der Waals surface area contributed by atoms with Crippen LogP contribution in [0.5, 0.6) is 0 Å². The summed E-state index contributed by atoms with van der Waals surface area (Å²) in [5, 5.41) is 7.99. The molecule has 0 fully saturated rings. The number of hydrogen-bond acceptors (Lipinski definition) is 5. The molecule has 142 valence electrons. The monoisotopic (exact) mass is 381 g/mol. The summed E-state index contributed by atoms with van der Waals surface area (Å²) in [6.45, 7) is 0.458. The van der Waals surface area contributed by atoms with Crippen molar-refractivity contribution < 1.29 is 4.79 Å². The van der Waals surface area contributed by atoms with Gasteiger partial charge in [0.25, 0.3) is 5.91 Å². The van der Waals surface area contributed by atoms with Crippen LogP contribution in [0.4, 0.5) is 5.82 Å². The maximum absolute atomic E-state index is 12.9. The maximum Gasteiger partial charge on any atom is 0.252 e. The molecule has 29 heavy (non-hydrogen) atoms. The molecule has 0 saturated heterocycles. The average Bonchev–Trinajstić information content (AvgIpc) is 2.78. The molecule has 0 bridgehead atoms. The molecule has 0 radical (unpaired) electrons. The van der Waals surface area contributed by atoms with Gasteiger partial charge in [-0.3, -0.25) is 15.2 Å². The van der Waals surface area contributed by atoms with Gasteiger partial charge in [-0.25, -0.2) is 4.98 Å². The molecular formula is C23H19N5O. The first-order valence-corrected chi connectivity index (χ1v) is 9.20. The Labute approximate surface area is 168 Å². The Morgan fingerprint density at radius 2 is 1.72 bits per heavy atom. The lowest BCUT2D eigenvalue weighted by atomic mass is 10.1. The van der Waals surface area contributed by atoms with Gasteiger partial charge in [-0.05, 0) is 35.4 Å². The van der Waals surface area contributed by atoms with Gasteiger partial charge in [-0.1, -0.05) is 48.5 Å². The molecule has 2 aromatic carbocycles. The van der Waals surface area contributed by atoms with Crippen molar-refractivity contribution in [3.8, 4) is 0 Å². The predicted molar refractivity (Wildman–Crippen MR) is 115 cm³/mol. The molecule has 2 N–H and O–H groups in total. The van der Waals surface area contributed by atoms with E-state index in [0.29, 0.717) is 17.9 Å². The molecule has 0 aliphatic heterocycles. The number of anilines is 1. The van der Waals surface area contributed by atoms with Crippen molar-refractivity contribution >= 4 is 28.8 Å². The van der Waals surface area contributed by atoms with E-state index in [1.165, 1.54) is 0 Å². The largest absolute Gasteiger partial charge is 0.348 e. The Bertz CT molecular complexity index is 1140. The van der Waals surface area contributed by atoms with Crippen LogP contribution < -0.4 is 10.7 Å². The zero-order chi connectivity index (χ0) is 19.9. The Hall–Kier alpha value is -4.06. The molecule has 0 saturated carbocycles. The van der Waals surface area contributed by atoms with Crippen molar-refractivity contribution in [3.63, 3.8) is 0 Å². The summed E-state index contributed by atoms with van der Waals surface area (Å²) < 4.78 is 0. The zero-order valence-corrected chi connectivity index (χ0v) is 15.6. The minimum Gasteiger partial charge on any atom is -0.348 e. The van der Waals surface area contributed by atoms with Crippen LogP contribution in [-0.4, -0.2) is 22.1 Å². The highest BCUT2D eigenvalue weighted by atomic mass is 16.1. The van der Waals surface area contributed by atoms with E-state index >= 15 is 0 Å². The van der Waals surface area contributed by atoms with Crippen LogP contribution >= 0.6 is 0 Å². The number of pyridine rings is 2. The Morgan fingerprint density at radius 3 is 2.55 bits per heavy atom. The van der Waals surface area contributed by atoms with Gasteiger partial charge in [-0.2, -0.15) is 5.10 Å². The van der Waals surface area contributed by atoms with Crippen molar-refractivity contribution in [3.05, 3.63) is 102 Å². The molecule has 1 amide bonds. The second kappa shape index (κ2) is 8.75. The summed E-state index contributed by atoms with van der Waals surface area (Å²) in [4.78, 5) is 21.4. The first-order chi connectivity index (χ1) is 14.3. The number of nitrogens with zero attached hydrogens (tertiary/aromatic N) is 3. The lowest BCUT2D eigenvalue weighted by Crippen LogP contribution is -2.23. The summed E-state index contributed by atoms with van der Waals surface area (Å²) in [5.74, 6) is 0.340. The lowest BCUT2D eigenvalue weighted by Gasteiger charge is -2.10. The molecule has 0 unspecified atom stereocenters. The summed E-state index contributed by atoms with van der Waals surface area (Å²) >= 11 is 0. The highest BCUT2D eigenvalue weighted by Crippen LogP contribution is 2.21. The zero-order valence-electron chi connectivity index (χ0n) is 15.6. The fourth-order valence-corrected chi connectivity index (χ4v) is 2.92. The number of nitrogens with one attached hydrogen (secondary N) is 2. The summed E-state index contributed by atoms with van der Waals surface area (Å²) in [6.07, 6.45) is 5.07. The molecule has 0 atom stereocenters. The number of fused-ring (bicyclic) bond motifs is 1. The fraction of sp³-hybridized carbons (Fsp3) is 0.0435. The highest BCUT2D eigenvalue weighted by Gasteiger charge is 2.12. The van der Waals surface area contributed by atoms with Crippen LogP contribution in [0.3, 0.4) is 0 Å². The standard InChI is InChI=1S/C23H19N5O/c29-23(25-15-17-6-2-1-3-7-17)20-14-22(27-21-9-5-4-8-19(20)21)28-26-16-18-10-12-24-13-11-18/h1-14,16H,15H2,(H,25,29)(H,27,28)/b26-16+. The quantitative estimate of drug-likeness (QED) is 0.391. The molecule has 2 aromatic heterocycles. The molecule has 6 nitrogen and oxygen atoms in total. The Morgan fingerprint density at radius 1 is 0.966 bits per heavy atom. The number of carbonyl (C=O) groups is 1. The predicted octanol–water partition coefficient (Wildman–Crippen LogP) is 4.01. The minimum atomic E-state index is -0.159. The van der Waals surface area contributed by atoms with Crippen molar-refractivity contribution in [1.82, 2.24) is 15.3 Å². The summed E-state index contributed by atoms with van der Waals surface area (Å²) in [6, 6.07) is 22.8. The number of hydrogen-bond donors (Lipinski definition) is 2. The molecule has 0 spiro atoms. The maximum atomic E-state index is 12.9. The van der Waals surface area contributed by atoms with Gasteiger partial charge >= 0.3 is 0 Å². The number of aromatic nitrogens is 2. The topological polar surface area (TPSA) is 79.3 Å². The molecular weight excluding hydrogens is 362 g/mol. The van der Waals surface area contributed by atoms with Gasteiger partial charge in [0.15, 0.2) is 0 Å². The van der Waals surface area contributed by atoms with E-state index in [-0.39, 0.29) is 5.91 Å². The van der Waals surface area contributed by atoms with Gasteiger partial charge in [-0.15, -0.1) is 0 Å². The van der Waals surface area contributed by atoms with Crippen LogP contribution in [-0.2, 0) is 6.54 Å². The smallest absolute Gasteiger partial charge is 0.252 e. The normalized spacial score (nSPS) is 10.9. The fourth-order valence-electron chi connectivity index (χ4n) is 2.92. The van der Waals surface area contributed by atoms with E-state index in [1.54, 1.807) is 24.7 Å². The minimum absolute atomic E-state index is 0.159. The number of amides is 1. The molecule has 0 aliphatic carbocycles. The second-order valence-electron chi connectivity index (χ2n) is 6.39. The SMILES string of the molecule is O=C(NCc1ccccc1)c1cc(N/N=C/c2ccncc2)nc2ccccc12. The third kappa shape index (κ3) is 4.62. The van der Waals surface area contributed by atoms with E-state index < -0.39 is 0 Å². The van der Waals surface area contributed by atoms with Gasteiger partial charge in [0.05, 0.1) is 17.3 Å². The number of rotatable bonds is 6. The van der Waals surface area contributed by atoms with Crippen LogP contribution in [0.2, 0.25) is 0 Å². The van der Waals surface area contributed by atoms with Gasteiger partial charge < -0.3 is 5.32 Å². The van der Waals surface area contributed by atoms with E-state index in [4.69, 9.17) is 0 Å². The van der Waals surface area contributed by atoms with Crippen molar-refractivity contribution in [2.24, 2.45) is 5.10 Å². The molecule has 0 aliphatic rings. The van der Waals surface area contributed by atoms with Crippen molar-refractivity contribution in [2.75, 3.05) is 5.43 Å². The van der Waals surface area contributed by atoms with Gasteiger partial charge in [0, 0.05) is 24.3 Å². The van der Waals surface area contributed by atoms with Crippen molar-refractivity contribution in [2.45, 2.75) is 6.54 Å². The average molecular weight is 381 g/mol. The van der Waals surface area contributed by atoms with E-state index in [1.807, 2.05) is 66.7 Å². The second-order valence-corrected chi connectivity index (χ2v) is 6.39. The summed E-state index contributed by atoms with van der Waals surface area (Å²) in [7, 11) is 0. The highest BCUT2D eigenvalue weighted by molar-refractivity contribution is 6.07. The van der Waals surface area contributed by atoms with Crippen LogP contribution in [0.25, 0.3) is 10.9 Å². The van der Waals surface area contributed by atoms with Crippen LogP contribution in [0, 0.1) is 0 Å². The number of benzene rings is 2. The summed E-state index contributed by atoms with van der Waals surface area (Å²) in [5.41, 5.74) is 6.14. The molecule has 2 heterocycles. The first-order valence-electron chi connectivity index (χ1n) is 9.20. The van der Waals surface area contributed by atoms with E-state index in [2.05, 4.69) is 25.8 Å². The number of para-hydroxylation sites is 1. The van der Waals surface area contributed by atoms with Gasteiger partial charge in [0.2, 0.25) is 0 Å². The van der Waals surface area contributed by atoms with Crippen LogP contribution in [0.15, 0.2) is 90.3 Å². The van der Waals surface area contributed by atoms with Crippen molar-refractivity contribution in [1.29, 1.82) is 0 Å². The Kier molecular flexibility index (Phi) is 5.53. The molecule has 6 heteroatoms. The van der Waals surface area contributed by atoms with Crippen LogP contribution in [0.1, 0.15) is 21.5 Å². The Balaban J connectivity index is 1.57.